The Morgan fingerprint density at radius 3 is 2.62 bits per heavy atom. The Morgan fingerprint density at radius 2 is 1.91 bits per heavy atom. The first-order chi connectivity index (χ1) is 16.5. The van der Waals surface area contributed by atoms with Gasteiger partial charge in [0.15, 0.2) is 0 Å². The number of likely N-dealkylation sites (tertiary alicyclic amines) is 1. The second-order valence-electron chi connectivity index (χ2n) is 9.29. The number of rotatable bonds is 6. The van der Waals surface area contributed by atoms with Gasteiger partial charge in [-0.1, -0.05) is 12.1 Å². The van der Waals surface area contributed by atoms with Gasteiger partial charge in [-0.2, -0.15) is 0 Å². The molecule has 1 atom stereocenters. The lowest BCUT2D eigenvalue weighted by Gasteiger charge is -2.32. The minimum atomic E-state index is -0.569. The summed E-state index contributed by atoms with van der Waals surface area (Å²) in [6.07, 6.45) is 4.56. The molecule has 0 radical (unpaired) electrons. The summed E-state index contributed by atoms with van der Waals surface area (Å²) in [6, 6.07) is 9.56. The van der Waals surface area contributed by atoms with Crippen LogP contribution in [-0.4, -0.2) is 58.2 Å². The van der Waals surface area contributed by atoms with Crippen molar-refractivity contribution in [3.63, 3.8) is 0 Å². The van der Waals surface area contributed by atoms with E-state index in [-0.39, 0.29) is 24.1 Å². The first-order valence-electron chi connectivity index (χ1n) is 12.1. The SMILES string of the molecule is CCOc1ccc(CN2CCC(c3ccc4c(c3)CN(C3CCC(=O)NC3=O)C4=O)CC2)nc1. The fourth-order valence-corrected chi connectivity index (χ4v) is 5.26. The molecule has 0 aliphatic carbocycles. The fraction of sp³-hybridized carbons (Fsp3) is 0.462. The second-order valence-corrected chi connectivity index (χ2v) is 9.29. The van der Waals surface area contributed by atoms with Gasteiger partial charge in [-0.15, -0.1) is 0 Å². The zero-order chi connectivity index (χ0) is 23.7. The van der Waals surface area contributed by atoms with Crippen molar-refractivity contribution in [2.45, 2.75) is 57.7 Å². The van der Waals surface area contributed by atoms with Crippen LogP contribution in [0.1, 0.15) is 65.7 Å². The van der Waals surface area contributed by atoms with E-state index in [9.17, 15) is 14.4 Å². The van der Waals surface area contributed by atoms with Gasteiger partial charge in [0.25, 0.3) is 5.91 Å². The third kappa shape index (κ3) is 4.55. The topological polar surface area (TPSA) is 91.8 Å². The molecule has 1 aromatic carbocycles. The minimum Gasteiger partial charge on any atom is -0.492 e. The average molecular weight is 463 g/mol. The molecule has 34 heavy (non-hydrogen) atoms. The summed E-state index contributed by atoms with van der Waals surface area (Å²) in [7, 11) is 0. The maximum absolute atomic E-state index is 12.9. The molecule has 4 heterocycles. The molecule has 1 unspecified atom stereocenters. The van der Waals surface area contributed by atoms with Gasteiger partial charge in [-0.05, 0) is 74.5 Å². The van der Waals surface area contributed by atoms with Gasteiger partial charge in [0, 0.05) is 25.1 Å². The highest BCUT2D eigenvalue weighted by Crippen LogP contribution is 2.33. The van der Waals surface area contributed by atoms with Crippen LogP contribution >= 0.6 is 0 Å². The predicted octanol–water partition coefficient (Wildman–Crippen LogP) is 2.62. The maximum atomic E-state index is 12.9. The molecule has 0 bridgehead atoms. The molecule has 2 aromatic rings. The Labute approximate surface area is 199 Å². The van der Waals surface area contributed by atoms with E-state index in [0.717, 1.165) is 49.5 Å². The van der Waals surface area contributed by atoms with E-state index < -0.39 is 6.04 Å². The van der Waals surface area contributed by atoms with E-state index >= 15 is 0 Å². The predicted molar refractivity (Wildman–Crippen MR) is 125 cm³/mol. The highest BCUT2D eigenvalue weighted by molar-refractivity contribution is 6.05. The molecule has 3 aliphatic heterocycles. The van der Waals surface area contributed by atoms with Crippen LogP contribution in [0.15, 0.2) is 36.5 Å². The Hall–Kier alpha value is -3.26. The smallest absolute Gasteiger partial charge is 0.255 e. The number of nitrogens with zero attached hydrogens (tertiary/aromatic N) is 3. The van der Waals surface area contributed by atoms with Crippen molar-refractivity contribution in [1.82, 2.24) is 20.1 Å². The van der Waals surface area contributed by atoms with E-state index in [0.29, 0.717) is 31.1 Å². The normalized spacial score (nSPS) is 21.5. The summed E-state index contributed by atoms with van der Waals surface area (Å²) < 4.78 is 5.47. The Bertz CT molecular complexity index is 1090. The van der Waals surface area contributed by atoms with Crippen molar-refractivity contribution in [2.24, 2.45) is 0 Å². The van der Waals surface area contributed by atoms with Crippen LogP contribution in [0.3, 0.4) is 0 Å². The van der Waals surface area contributed by atoms with Gasteiger partial charge < -0.3 is 9.64 Å². The molecule has 1 N–H and O–H groups in total. The van der Waals surface area contributed by atoms with Crippen molar-refractivity contribution in [3.05, 3.63) is 58.9 Å². The average Bonchev–Trinajstić information content (AvgIpc) is 3.16. The molecule has 178 valence electrons. The molecule has 5 rings (SSSR count). The zero-order valence-electron chi connectivity index (χ0n) is 19.5. The molecule has 3 amide bonds. The summed E-state index contributed by atoms with van der Waals surface area (Å²) in [4.78, 5) is 45.2. The summed E-state index contributed by atoms with van der Waals surface area (Å²) in [5.41, 5.74) is 3.96. The van der Waals surface area contributed by atoms with Crippen LogP contribution in [0.25, 0.3) is 0 Å². The highest BCUT2D eigenvalue weighted by atomic mass is 16.5. The van der Waals surface area contributed by atoms with Gasteiger partial charge in [-0.3, -0.25) is 29.6 Å². The summed E-state index contributed by atoms with van der Waals surface area (Å²) in [6.45, 7) is 5.86. The van der Waals surface area contributed by atoms with E-state index in [1.165, 1.54) is 5.56 Å². The van der Waals surface area contributed by atoms with Crippen molar-refractivity contribution in [2.75, 3.05) is 19.7 Å². The number of carbonyl (C=O) groups is 3. The number of hydrogen-bond acceptors (Lipinski definition) is 6. The molecule has 2 saturated heterocycles. The monoisotopic (exact) mass is 462 g/mol. The number of carbonyl (C=O) groups excluding carboxylic acids is 3. The lowest BCUT2D eigenvalue weighted by Crippen LogP contribution is -2.52. The third-order valence-corrected chi connectivity index (χ3v) is 7.10. The molecular weight excluding hydrogens is 432 g/mol. The number of hydrogen-bond donors (Lipinski definition) is 1. The van der Waals surface area contributed by atoms with Crippen molar-refractivity contribution < 1.29 is 19.1 Å². The first kappa shape index (κ1) is 22.5. The summed E-state index contributed by atoms with van der Waals surface area (Å²) >= 11 is 0. The Balaban J connectivity index is 1.19. The number of aromatic nitrogens is 1. The number of imide groups is 1. The molecule has 1 aromatic heterocycles. The van der Waals surface area contributed by atoms with Crippen LogP contribution in [-0.2, 0) is 22.7 Å². The van der Waals surface area contributed by atoms with Crippen molar-refractivity contribution in [3.8, 4) is 5.75 Å². The molecule has 8 nitrogen and oxygen atoms in total. The maximum Gasteiger partial charge on any atom is 0.255 e. The van der Waals surface area contributed by atoms with Crippen LogP contribution in [0.5, 0.6) is 5.75 Å². The van der Waals surface area contributed by atoms with Gasteiger partial charge in [0.1, 0.15) is 11.8 Å². The first-order valence-corrected chi connectivity index (χ1v) is 12.1. The molecule has 0 saturated carbocycles. The molecular formula is C26H30N4O4. The quantitative estimate of drug-likeness (QED) is 0.664. The standard InChI is InChI=1S/C26H30N4O4/c1-2-34-21-5-4-20(27-14-21)16-29-11-9-17(10-12-29)18-3-6-22-19(13-18)15-30(26(22)33)23-7-8-24(31)28-25(23)32/h3-6,13-14,17,23H,2,7-12,15-16H2,1H3,(H,28,31,32). The van der Waals surface area contributed by atoms with Crippen LogP contribution < -0.4 is 10.1 Å². The van der Waals surface area contributed by atoms with Crippen LogP contribution in [0.4, 0.5) is 0 Å². The Kier molecular flexibility index (Phi) is 6.32. The second kappa shape index (κ2) is 9.54. The van der Waals surface area contributed by atoms with Gasteiger partial charge in [-0.25, -0.2) is 0 Å². The lowest BCUT2D eigenvalue weighted by atomic mass is 9.88. The van der Waals surface area contributed by atoms with Crippen LogP contribution in [0.2, 0.25) is 0 Å². The lowest BCUT2D eigenvalue weighted by molar-refractivity contribution is -0.136. The molecule has 0 spiro atoms. The van der Waals surface area contributed by atoms with E-state index in [4.69, 9.17) is 4.74 Å². The van der Waals surface area contributed by atoms with E-state index in [2.05, 4.69) is 27.3 Å². The number of piperidine rings is 2. The molecule has 2 fully saturated rings. The van der Waals surface area contributed by atoms with Crippen molar-refractivity contribution in [1.29, 1.82) is 0 Å². The number of amides is 3. The number of nitrogens with one attached hydrogen (secondary N) is 1. The van der Waals surface area contributed by atoms with E-state index in [1.807, 2.05) is 25.1 Å². The van der Waals surface area contributed by atoms with Gasteiger partial charge >= 0.3 is 0 Å². The number of benzene rings is 1. The van der Waals surface area contributed by atoms with Crippen molar-refractivity contribution >= 4 is 17.7 Å². The number of fused-ring (bicyclic) bond motifs is 1. The minimum absolute atomic E-state index is 0.117. The van der Waals surface area contributed by atoms with E-state index in [1.54, 1.807) is 11.1 Å². The van der Waals surface area contributed by atoms with Gasteiger partial charge in [0.2, 0.25) is 11.8 Å². The molecule has 3 aliphatic rings. The number of ether oxygens (including phenoxy) is 1. The summed E-state index contributed by atoms with van der Waals surface area (Å²) in [5, 5.41) is 2.36. The highest BCUT2D eigenvalue weighted by Gasteiger charge is 2.39. The number of pyridine rings is 1. The fourth-order valence-electron chi connectivity index (χ4n) is 5.26. The Morgan fingerprint density at radius 1 is 1.09 bits per heavy atom. The third-order valence-electron chi connectivity index (χ3n) is 7.10. The van der Waals surface area contributed by atoms with Gasteiger partial charge in [0.05, 0.1) is 18.5 Å². The summed E-state index contributed by atoms with van der Waals surface area (Å²) in [5.74, 6) is 0.504. The zero-order valence-corrected chi connectivity index (χ0v) is 19.5. The largest absolute Gasteiger partial charge is 0.492 e. The molecule has 8 heteroatoms. The van der Waals surface area contributed by atoms with Crippen LogP contribution in [0, 0.1) is 0 Å².